The Morgan fingerprint density at radius 1 is 0.868 bits per heavy atom. The molecule has 0 aliphatic carbocycles. The van der Waals surface area contributed by atoms with E-state index in [1.807, 2.05) is 24.3 Å². The van der Waals surface area contributed by atoms with E-state index in [0.29, 0.717) is 34.3 Å². The lowest BCUT2D eigenvalue weighted by molar-refractivity contribution is 0.395. The number of ether oxygens (including phenoxy) is 2. The van der Waals surface area contributed by atoms with Gasteiger partial charge in [-0.3, -0.25) is 4.72 Å². The van der Waals surface area contributed by atoms with Gasteiger partial charge in [-0.25, -0.2) is 18.4 Å². The second-order valence-corrected chi connectivity index (χ2v) is 11.0. The zero-order valence-corrected chi connectivity index (χ0v) is 22.5. The van der Waals surface area contributed by atoms with E-state index in [4.69, 9.17) is 9.47 Å². The van der Waals surface area contributed by atoms with Gasteiger partial charge in [-0.15, -0.1) is 0 Å². The molecular weight excluding hydrogens is 502 g/mol. The van der Waals surface area contributed by atoms with Crippen molar-refractivity contribution in [3.8, 4) is 11.5 Å². The number of para-hydroxylation sites is 2. The highest BCUT2D eigenvalue weighted by molar-refractivity contribution is 7.92. The number of piperidine rings is 1. The molecule has 2 heterocycles. The molecule has 1 aliphatic heterocycles. The van der Waals surface area contributed by atoms with Gasteiger partial charge in [0.2, 0.25) is 0 Å². The number of aromatic nitrogens is 2. The topological polar surface area (TPSA) is 106 Å². The predicted octanol–water partition coefficient (Wildman–Crippen LogP) is 5.57. The van der Waals surface area contributed by atoms with Gasteiger partial charge in [-0.1, -0.05) is 18.2 Å². The molecule has 2 N–H and O–H groups in total. The molecule has 1 unspecified atom stereocenters. The lowest BCUT2D eigenvalue weighted by atomic mass is 10.0. The second-order valence-electron chi connectivity index (χ2n) is 9.28. The van der Waals surface area contributed by atoms with E-state index >= 15 is 0 Å². The Bertz CT molecular complexity index is 1540. The third-order valence-electron chi connectivity index (χ3n) is 6.68. The van der Waals surface area contributed by atoms with Gasteiger partial charge in [-0.05, 0) is 56.5 Å². The van der Waals surface area contributed by atoms with E-state index in [1.165, 1.54) is 6.42 Å². The minimum Gasteiger partial charge on any atom is -0.497 e. The molecule has 10 heteroatoms. The molecule has 38 heavy (non-hydrogen) atoms. The molecule has 4 aromatic rings. The van der Waals surface area contributed by atoms with Crippen molar-refractivity contribution in [3.63, 3.8) is 0 Å². The Morgan fingerprint density at radius 3 is 2.21 bits per heavy atom. The lowest BCUT2D eigenvalue weighted by Gasteiger charge is -2.35. The van der Waals surface area contributed by atoms with E-state index in [1.54, 1.807) is 56.7 Å². The largest absolute Gasteiger partial charge is 0.497 e. The number of anilines is 4. The van der Waals surface area contributed by atoms with Crippen LogP contribution in [-0.4, -0.2) is 45.2 Å². The molecule has 0 saturated carbocycles. The number of hydrogen-bond donors (Lipinski definition) is 2. The van der Waals surface area contributed by atoms with Crippen molar-refractivity contribution < 1.29 is 17.9 Å². The summed E-state index contributed by atoms with van der Waals surface area (Å²) in [5.74, 6) is 1.49. The standard InChI is InChI=1S/C28H31N5O4S/c1-19-9-6-7-14-33(19)21-10-8-11-24(17-21)38(34,35)32-28-27(30-25-12-4-5-13-26(25)31-28)29-20-15-22(36-2)18-23(16-20)37-3/h4-5,8,10-13,15-19H,6-7,9,14H2,1-3H3,(H,29,30)(H,31,32). The molecule has 198 valence electrons. The van der Waals surface area contributed by atoms with Crippen LogP contribution in [0.2, 0.25) is 0 Å². The van der Waals surface area contributed by atoms with Gasteiger partial charge in [0, 0.05) is 42.2 Å². The third kappa shape index (κ3) is 5.45. The van der Waals surface area contributed by atoms with Crippen molar-refractivity contribution in [2.45, 2.75) is 37.1 Å². The fourth-order valence-electron chi connectivity index (χ4n) is 4.67. The Kier molecular flexibility index (Phi) is 7.24. The zero-order valence-electron chi connectivity index (χ0n) is 21.6. The molecule has 5 rings (SSSR count). The van der Waals surface area contributed by atoms with Crippen molar-refractivity contribution in [2.24, 2.45) is 0 Å². The van der Waals surface area contributed by atoms with Crippen LogP contribution < -0.4 is 24.4 Å². The van der Waals surface area contributed by atoms with Crippen molar-refractivity contribution in [2.75, 3.05) is 35.7 Å². The summed E-state index contributed by atoms with van der Waals surface area (Å²) in [6, 6.07) is 20.0. The van der Waals surface area contributed by atoms with Crippen LogP contribution in [0, 0.1) is 0 Å². The van der Waals surface area contributed by atoms with Gasteiger partial charge in [0.1, 0.15) is 11.5 Å². The number of sulfonamides is 1. The van der Waals surface area contributed by atoms with Crippen molar-refractivity contribution in [1.29, 1.82) is 0 Å². The summed E-state index contributed by atoms with van der Waals surface area (Å²) < 4.78 is 40.6. The summed E-state index contributed by atoms with van der Waals surface area (Å²) in [5.41, 5.74) is 2.68. The van der Waals surface area contributed by atoms with Crippen molar-refractivity contribution >= 4 is 44.1 Å². The first-order valence-corrected chi connectivity index (χ1v) is 14.0. The van der Waals surface area contributed by atoms with Gasteiger partial charge in [0.05, 0.1) is 30.1 Å². The van der Waals surface area contributed by atoms with Crippen LogP contribution in [0.3, 0.4) is 0 Å². The summed E-state index contributed by atoms with van der Waals surface area (Å²) in [7, 11) is -0.845. The molecule has 1 fully saturated rings. The highest BCUT2D eigenvalue weighted by Gasteiger charge is 2.23. The lowest BCUT2D eigenvalue weighted by Crippen LogP contribution is -2.37. The van der Waals surface area contributed by atoms with Crippen LogP contribution >= 0.6 is 0 Å². The fourth-order valence-corrected chi connectivity index (χ4v) is 5.72. The minimum absolute atomic E-state index is 0.0854. The summed E-state index contributed by atoms with van der Waals surface area (Å²) in [5, 5.41) is 3.19. The van der Waals surface area contributed by atoms with Gasteiger partial charge in [0.25, 0.3) is 10.0 Å². The normalized spacial score (nSPS) is 15.8. The number of methoxy groups -OCH3 is 2. The average molecular weight is 534 g/mol. The summed E-state index contributed by atoms with van der Waals surface area (Å²) in [4.78, 5) is 11.7. The summed E-state index contributed by atoms with van der Waals surface area (Å²) in [6.07, 6.45) is 3.37. The molecule has 1 atom stereocenters. The first-order valence-electron chi connectivity index (χ1n) is 12.5. The highest BCUT2D eigenvalue weighted by atomic mass is 32.2. The summed E-state index contributed by atoms with van der Waals surface area (Å²) in [6.45, 7) is 3.08. The van der Waals surface area contributed by atoms with Crippen LogP contribution in [0.15, 0.2) is 71.6 Å². The van der Waals surface area contributed by atoms with E-state index in [0.717, 1.165) is 25.1 Å². The van der Waals surface area contributed by atoms with Gasteiger partial charge >= 0.3 is 0 Å². The molecule has 0 amide bonds. The van der Waals surface area contributed by atoms with E-state index in [2.05, 4.69) is 31.8 Å². The maximum Gasteiger partial charge on any atom is 0.263 e. The van der Waals surface area contributed by atoms with Crippen LogP contribution in [-0.2, 0) is 10.0 Å². The Hall–Kier alpha value is -4.05. The van der Waals surface area contributed by atoms with Crippen molar-refractivity contribution in [3.05, 3.63) is 66.7 Å². The number of fused-ring (bicyclic) bond motifs is 1. The zero-order chi connectivity index (χ0) is 26.7. The molecule has 0 bridgehead atoms. The monoisotopic (exact) mass is 533 g/mol. The van der Waals surface area contributed by atoms with Crippen LogP contribution in [0.4, 0.5) is 23.0 Å². The smallest absolute Gasteiger partial charge is 0.263 e. The molecule has 1 saturated heterocycles. The maximum atomic E-state index is 13.6. The van der Waals surface area contributed by atoms with Gasteiger partial charge < -0.3 is 19.7 Å². The molecule has 0 radical (unpaired) electrons. The fraction of sp³-hybridized carbons (Fsp3) is 0.286. The number of rotatable bonds is 8. The maximum absolute atomic E-state index is 13.6. The van der Waals surface area contributed by atoms with Crippen LogP contribution in [0.1, 0.15) is 26.2 Å². The number of benzene rings is 3. The molecule has 1 aromatic heterocycles. The third-order valence-corrected chi connectivity index (χ3v) is 8.01. The second kappa shape index (κ2) is 10.7. The number of nitrogens with one attached hydrogen (secondary N) is 2. The van der Waals surface area contributed by atoms with Crippen LogP contribution in [0.25, 0.3) is 11.0 Å². The molecular formula is C28H31N5O4S. The van der Waals surface area contributed by atoms with Crippen molar-refractivity contribution in [1.82, 2.24) is 9.97 Å². The number of hydrogen-bond acceptors (Lipinski definition) is 8. The SMILES string of the molecule is COc1cc(Nc2nc3ccccc3nc2NS(=O)(=O)c2cccc(N3CCCCC3C)c2)cc(OC)c1. The Morgan fingerprint density at radius 2 is 1.55 bits per heavy atom. The van der Waals surface area contributed by atoms with Gasteiger partial charge in [-0.2, -0.15) is 0 Å². The van der Waals surface area contributed by atoms with E-state index < -0.39 is 10.0 Å². The Labute approximate surface area is 222 Å². The first-order chi connectivity index (χ1) is 18.4. The van der Waals surface area contributed by atoms with Gasteiger partial charge in [0.15, 0.2) is 11.6 Å². The quantitative estimate of drug-likeness (QED) is 0.303. The van der Waals surface area contributed by atoms with E-state index in [-0.39, 0.29) is 16.5 Å². The van der Waals surface area contributed by atoms with E-state index in [9.17, 15) is 8.42 Å². The first kappa shape index (κ1) is 25.6. The minimum atomic E-state index is -3.97. The predicted molar refractivity (Wildman–Crippen MR) is 150 cm³/mol. The number of nitrogens with zero attached hydrogens (tertiary/aromatic N) is 3. The highest BCUT2D eigenvalue weighted by Crippen LogP contribution is 2.32. The molecule has 3 aromatic carbocycles. The van der Waals surface area contributed by atoms with Crippen LogP contribution in [0.5, 0.6) is 11.5 Å². The molecule has 0 spiro atoms. The molecule has 9 nitrogen and oxygen atoms in total. The average Bonchev–Trinajstić information content (AvgIpc) is 2.93. The molecule has 1 aliphatic rings. The Balaban J connectivity index is 1.52. The summed E-state index contributed by atoms with van der Waals surface area (Å²) >= 11 is 0.